The monoisotopic (exact) mass is 404 g/mol. The van der Waals surface area contributed by atoms with Crippen molar-refractivity contribution in [2.24, 2.45) is 5.92 Å². The summed E-state index contributed by atoms with van der Waals surface area (Å²) in [6.07, 6.45) is -3.70. The van der Waals surface area contributed by atoms with E-state index in [0.717, 1.165) is 0 Å². The van der Waals surface area contributed by atoms with Crippen molar-refractivity contribution in [3.63, 3.8) is 0 Å². The quantitative estimate of drug-likeness (QED) is 0.847. The highest BCUT2D eigenvalue weighted by Crippen LogP contribution is 2.42. The Hall–Kier alpha value is -3.56. The smallest absolute Gasteiger partial charge is 0.454 e. The highest BCUT2D eigenvalue weighted by atomic mass is 19.3. The van der Waals surface area contributed by atoms with E-state index in [2.05, 4.69) is 14.8 Å². The fraction of sp³-hybridized carbons (Fsp3) is 0.263. The number of hydrogen-bond acceptors (Lipinski definition) is 6. The summed E-state index contributed by atoms with van der Waals surface area (Å²) in [4.78, 5) is 26.5. The largest absolute Gasteiger partial charge is 0.586 e. The highest BCUT2D eigenvalue weighted by Gasteiger charge is 2.43. The van der Waals surface area contributed by atoms with Crippen LogP contribution in [-0.2, 0) is 9.59 Å². The molecule has 10 heteroatoms. The topological polar surface area (TPSA) is 86.3 Å². The van der Waals surface area contributed by atoms with Gasteiger partial charge in [-0.15, -0.1) is 8.78 Å². The maximum atomic E-state index is 13.1. The van der Waals surface area contributed by atoms with Crippen LogP contribution >= 0.6 is 0 Å². The summed E-state index contributed by atoms with van der Waals surface area (Å²) in [6.45, 7) is 0.312. The number of alkyl halides is 2. The molecule has 3 aliphatic heterocycles. The van der Waals surface area contributed by atoms with E-state index in [9.17, 15) is 18.4 Å². The molecule has 8 nitrogen and oxygen atoms in total. The molecular formula is C19H14F2N2O6. The van der Waals surface area contributed by atoms with Crippen LogP contribution < -0.4 is 29.2 Å². The van der Waals surface area contributed by atoms with Crippen molar-refractivity contribution in [1.29, 1.82) is 0 Å². The van der Waals surface area contributed by atoms with Gasteiger partial charge < -0.3 is 29.2 Å². The van der Waals surface area contributed by atoms with Gasteiger partial charge in [0.2, 0.25) is 18.6 Å². The summed E-state index contributed by atoms with van der Waals surface area (Å²) in [6, 6.07) is 9.09. The van der Waals surface area contributed by atoms with Crippen molar-refractivity contribution >= 4 is 23.2 Å². The first kappa shape index (κ1) is 17.5. The van der Waals surface area contributed by atoms with E-state index in [1.165, 1.54) is 23.1 Å². The minimum Gasteiger partial charge on any atom is -0.454 e. The summed E-state index contributed by atoms with van der Waals surface area (Å²) >= 11 is 0. The average Bonchev–Trinajstić information content (AvgIpc) is 3.35. The van der Waals surface area contributed by atoms with Gasteiger partial charge in [0.15, 0.2) is 23.0 Å². The molecule has 0 bridgehead atoms. The Labute approximate surface area is 162 Å². The van der Waals surface area contributed by atoms with Crippen molar-refractivity contribution in [3.8, 4) is 23.0 Å². The second kappa shape index (κ2) is 6.23. The van der Waals surface area contributed by atoms with E-state index in [4.69, 9.17) is 9.47 Å². The number of halogens is 2. The van der Waals surface area contributed by atoms with E-state index in [1.807, 2.05) is 0 Å². The van der Waals surface area contributed by atoms with Crippen LogP contribution in [0.25, 0.3) is 0 Å². The summed E-state index contributed by atoms with van der Waals surface area (Å²) in [7, 11) is 0. The van der Waals surface area contributed by atoms with Crippen LogP contribution in [0.3, 0.4) is 0 Å². The Balaban J connectivity index is 1.28. The van der Waals surface area contributed by atoms with E-state index in [1.54, 1.807) is 18.2 Å². The molecule has 0 aliphatic carbocycles. The SMILES string of the molecule is O=C(Nc1ccc2c(c1)OC(F)(F)O2)C1CC(=O)N(c2ccc3c(c2)OCO3)C1. The predicted octanol–water partition coefficient (Wildman–Crippen LogP) is 2.73. The standard InChI is InChI=1S/C19H14F2N2O6/c20-19(21)28-14-3-1-11(6-16(14)29-19)22-18(25)10-5-17(24)23(8-10)12-2-4-13-15(7-12)27-9-26-13/h1-4,6-7,10H,5,8-9H2,(H,22,25). The molecule has 29 heavy (non-hydrogen) atoms. The molecule has 2 amide bonds. The van der Waals surface area contributed by atoms with Crippen molar-refractivity contribution in [3.05, 3.63) is 36.4 Å². The van der Waals surface area contributed by atoms with Crippen molar-refractivity contribution in [2.45, 2.75) is 12.7 Å². The molecule has 1 unspecified atom stereocenters. The first-order valence-corrected chi connectivity index (χ1v) is 8.79. The second-order valence-corrected chi connectivity index (χ2v) is 6.76. The number of amides is 2. The lowest BCUT2D eigenvalue weighted by Crippen LogP contribution is -2.28. The lowest BCUT2D eigenvalue weighted by Gasteiger charge is -2.17. The van der Waals surface area contributed by atoms with Crippen LogP contribution in [0.5, 0.6) is 23.0 Å². The summed E-state index contributed by atoms with van der Waals surface area (Å²) in [5, 5.41) is 2.63. The second-order valence-electron chi connectivity index (χ2n) is 6.76. The highest BCUT2D eigenvalue weighted by molar-refractivity contribution is 6.03. The number of carbonyl (C=O) groups is 2. The van der Waals surface area contributed by atoms with Gasteiger partial charge in [-0.1, -0.05) is 0 Å². The van der Waals surface area contributed by atoms with Gasteiger partial charge in [-0.3, -0.25) is 9.59 Å². The molecule has 3 heterocycles. The molecule has 1 N–H and O–H groups in total. The number of benzene rings is 2. The Morgan fingerprint density at radius 2 is 1.79 bits per heavy atom. The van der Waals surface area contributed by atoms with Gasteiger partial charge in [0.1, 0.15) is 0 Å². The Kier molecular flexibility index (Phi) is 3.76. The molecule has 3 aliphatic rings. The summed E-state index contributed by atoms with van der Waals surface area (Å²) in [5.41, 5.74) is 0.879. The van der Waals surface area contributed by atoms with E-state index in [0.29, 0.717) is 17.2 Å². The van der Waals surface area contributed by atoms with Crippen LogP contribution in [0.1, 0.15) is 6.42 Å². The van der Waals surface area contributed by atoms with Gasteiger partial charge in [-0.25, -0.2) is 0 Å². The first-order chi connectivity index (χ1) is 13.9. The molecule has 2 aromatic rings. The van der Waals surface area contributed by atoms with Crippen molar-refractivity contribution in [2.75, 3.05) is 23.6 Å². The van der Waals surface area contributed by atoms with Crippen LogP contribution in [0.2, 0.25) is 0 Å². The molecule has 1 saturated heterocycles. The van der Waals surface area contributed by atoms with Crippen LogP contribution in [0, 0.1) is 5.92 Å². The normalized spacial score (nSPS) is 20.8. The Morgan fingerprint density at radius 3 is 2.66 bits per heavy atom. The van der Waals surface area contributed by atoms with Gasteiger partial charge >= 0.3 is 6.29 Å². The third-order valence-electron chi connectivity index (χ3n) is 4.83. The summed E-state index contributed by atoms with van der Waals surface area (Å²) in [5.74, 6) is -0.333. The zero-order valence-corrected chi connectivity index (χ0v) is 14.8. The zero-order valence-electron chi connectivity index (χ0n) is 14.8. The average molecular weight is 404 g/mol. The number of anilines is 2. The fourth-order valence-electron chi connectivity index (χ4n) is 3.46. The van der Waals surface area contributed by atoms with Gasteiger partial charge in [0.05, 0.1) is 5.92 Å². The van der Waals surface area contributed by atoms with E-state index < -0.39 is 18.1 Å². The van der Waals surface area contributed by atoms with Crippen LogP contribution in [0.15, 0.2) is 36.4 Å². The summed E-state index contributed by atoms with van der Waals surface area (Å²) < 4.78 is 45.5. The third-order valence-corrected chi connectivity index (χ3v) is 4.83. The van der Waals surface area contributed by atoms with Gasteiger partial charge in [0.25, 0.3) is 0 Å². The molecule has 1 fully saturated rings. The molecule has 2 aromatic carbocycles. The fourth-order valence-corrected chi connectivity index (χ4v) is 3.46. The number of carbonyl (C=O) groups excluding carboxylic acids is 2. The predicted molar refractivity (Wildman–Crippen MR) is 94.3 cm³/mol. The molecule has 0 saturated carbocycles. The van der Waals surface area contributed by atoms with E-state index >= 15 is 0 Å². The molecule has 0 radical (unpaired) electrons. The molecule has 0 aromatic heterocycles. The molecule has 1 atom stereocenters. The minimum atomic E-state index is -3.73. The number of ether oxygens (including phenoxy) is 4. The van der Waals surface area contributed by atoms with Gasteiger partial charge in [-0.05, 0) is 24.3 Å². The van der Waals surface area contributed by atoms with Crippen molar-refractivity contribution in [1.82, 2.24) is 0 Å². The lowest BCUT2D eigenvalue weighted by molar-refractivity contribution is -0.286. The molecule has 0 spiro atoms. The van der Waals surface area contributed by atoms with Crippen LogP contribution in [-0.4, -0.2) is 31.4 Å². The Morgan fingerprint density at radius 1 is 1.03 bits per heavy atom. The van der Waals surface area contributed by atoms with E-state index in [-0.39, 0.29) is 42.9 Å². The Bertz CT molecular complexity index is 1030. The maximum absolute atomic E-state index is 13.1. The number of fused-ring (bicyclic) bond motifs is 2. The van der Waals surface area contributed by atoms with Crippen molar-refractivity contribution < 1.29 is 37.3 Å². The number of rotatable bonds is 3. The number of hydrogen-bond donors (Lipinski definition) is 1. The third kappa shape index (κ3) is 3.16. The van der Waals surface area contributed by atoms with Crippen LogP contribution in [0.4, 0.5) is 20.2 Å². The van der Waals surface area contributed by atoms with Gasteiger partial charge in [0, 0.05) is 36.5 Å². The lowest BCUT2D eigenvalue weighted by atomic mass is 10.1. The maximum Gasteiger partial charge on any atom is 0.586 e. The number of nitrogens with zero attached hydrogens (tertiary/aromatic N) is 1. The molecule has 5 rings (SSSR count). The number of nitrogens with one attached hydrogen (secondary N) is 1. The van der Waals surface area contributed by atoms with Gasteiger partial charge in [-0.2, -0.15) is 0 Å². The first-order valence-electron chi connectivity index (χ1n) is 8.79. The zero-order chi connectivity index (χ0) is 20.2. The molecule has 150 valence electrons. The minimum absolute atomic E-state index is 0.0307. The molecular weight excluding hydrogens is 390 g/mol.